The lowest BCUT2D eigenvalue weighted by Gasteiger charge is -2.38. The van der Waals surface area contributed by atoms with E-state index >= 15 is 0 Å². The third-order valence-corrected chi connectivity index (χ3v) is 11.2. The highest BCUT2D eigenvalue weighted by atomic mass is 32.2. The van der Waals surface area contributed by atoms with Crippen molar-refractivity contribution < 1.29 is 13.2 Å². The third kappa shape index (κ3) is 2.87. The quantitative estimate of drug-likeness (QED) is 0.689. The van der Waals surface area contributed by atoms with Gasteiger partial charge in [0.05, 0.1) is 18.0 Å². The van der Waals surface area contributed by atoms with Crippen LogP contribution in [0.25, 0.3) is 0 Å². The molecule has 0 aromatic carbocycles. The van der Waals surface area contributed by atoms with E-state index in [4.69, 9.17) is 5.10 Å². The molecule has 1 heterocycles. The molecule has 3 fully saturated rings. The Morgan fingerprint density at radius 3 is 2.50 bits per heavy atom. The average molecular weight is 434 g/mol. The Labute approximate surface area is 180 Å². The number of hydrogen-bond acceptors (Lipinski definition) is 4. The van der Waals surface area contributed by atoms with Crippen LogP contribution >= 0.6 is 0 Å². The van der Waals surface area contributed by atoms with Crippen molar-refractivity contribution in [2.45, 2.75) is 90.6 Å². The van der Waals surface area contributed by atoms with Crippen LogP contribution in [0.15, 0.2) is 0 Å². The van der Waals surface area contributed by atoms with Gasteiger partial charge in [-0.25, -0.2) is 8.42 Å². The van der Waals surface area contributed by atoms with Crippen molar-refractivity contribution in [3.8, 4) is 0 Å². The highest BCUT2D eigenvalue weighted by molar-refractivity contribution is 7.89. The molecule has 2 unspecified atom stereocenters. The first-order valence-corrected chi connectivity index (χ1v) is 13.3. The van der Waals surface area contributed by atoms with Crippen molar-refractivity contribution in [2.24, 2.45) is 23.8 Å². The number of rotatable bonds is 6. The van der Waals surface area contributed by atoms with E-state index in [2.05, 4.69) is 13.8 Å². The molecule has 6 nitrogen and oxygen atoms in total. The second kappa shape index (κ2) is 6.89. The van der Waals surface area contributed by atoms with E-state index in [9.17, 15) is 13.2 Å². The molecule has 7 heteroatoms. The van der Waals surface area contributed by atoms with Gasteiger partial charge in [-0.15, -0.1) is 0 Å². The number of fused-ring (bicyclic) bond motifs is 3. The zero-order valence-electron chi connectivity index (χ0n) is 18.6. The number of carbonyl (C=O) groups excluding carboxylic acids is 1. The minimum atomic E-state index is -3.58. The van der Waals surface area contributed by atoms with Crippen LogP contribution in [0.5, 0.6) is 0 Å². The van der Waals surface area contributed by atoms with Gasteiger partial charge in [0.1, 0.15) is 5.78 Å². The molecule has 4 aliphatic carbocycles. The Morgan fingerprint density at radius 1 is 1.13 bits per heavy atom. The fourth-order valence-electron chi connectivity index (χ4n) is 7.12. The molecule has 0 spiro atoms. The SMILES string of the molecule is Cn1nc(CN(C2CCCC2)S(=O)(=O)CC23CCC(CC2=O)C3(C)C)c2c1CCC2. The predicted molar refractivity (Wildman–Crippen MR) is 115 cm³/mol. The first-order chi connectivity index (χ1) is 14.2. The summed E-state index contributed by atoms with van der Waals surface area (Å²) in [6.07, 6.45) is 9.39. The third-order valence-electron chi connectivity index (χ3n) is 9.16. The summed E-state index contributed by atoms with van der Waals surface area (Å²) in [6, 6.07) is 0.0438. The highest BCUT2D eigenvalue weighted by Gasteiger charge is 2.65. The molecule has 2 atom stereocenters. The Bertz CT molecular complexity index is 974. The van der Waals surface area contributed by atoms with Crippen LogP contribution < -0.4 is 0 Å². The van der Waals surface area contributed by atoms with E-state index in [-0.39, 0.29) is 23.0 Å². The van der Waals surface area contributed by atoms with Crippen molar-refractivity contribution in [1.29, 1.82) is 0 Å². The standard InChI is InChI=1S/C23H35N3O3S/c1-22(2)16-11-12-23(22,21(27)13-16)15-30(28,29)26(17-7-4-5-8-17)14-19-18-9-6-10-20(18)25(3)24-19/h16-17H,4-15H2,1-3H3. The lowest BCUT2D eigenvalue weighted by atomic mass is 9.70. The van der Waals surface area contributed by atoms with E-state index in [0.717, 1.165) is 63.5 Å². The zero-order chi connectivity index (χ0) is 21.3. The molecular weight excluding hydrogens is 398 g/mol. The maximum atomic E-state index is 13.9. The summed E-state index contributed by atoms with van der Waals surface area (Å²) >= 11 is 0. The molecule has 166 valence electrons. The summed E-state index contributed by atoms with van der Waals surface area (Å²) in [6.45, 7) is 4.61. The van der Waals surface area contributed by atoms with Crippen LogP contribution in [-0.2, 0) is 41.3 Å². The molecule has 0 aliphatic heterocycles. The van der Waals surface area contributed by atoms with Crippen LogP contribution in [-0.4, -0.2) is 40.1 Å². The number of aryl methyl sites for hydroxylation is 1. The molecule has 0 N–H and O–H groups in total. The maximum Gasteiger partial charge on any atom is 0.215 e. The maximum absolute atomic E-state index is 13.9. The van der Waals surface area contributed by atoms with Crippen LogP contribution in [0, 0.1) is 16.7 Å². The second-order valence-corrected chi connectivity index (χ2v) is 12.7. The van der Waals surface area contributed by atoms with Gasteiger partial charge >= 0.3 is 0 Å². The fraction of sp³-hybridized carbons (Fsp3) is 0.826. The summed E-state index contributed by atoms with van der Waals surface area (Å²) in [5.74, 6) is 0.491. The Morgan fingerprint density at radius 2 is 1.87 bits per heavy atom. The van der Waals surface area contributed by atoms with Crippen molar-refractivity contribution in [2.75, 3.05) is 5.75 Å². The molecule has 0 amide bonds. The van der Waals surface area contributed by atoms with Crippen LogP contribution in [0.2, 0.25) is 0 Å². The second-order valence-electron chi connectivity index (χ2n) is 10.8. The van der Waals surface area contributed by atoms with Crippen molar-refractivity contribution >= 4 is 15.8 Å². The number of nitrogens with zero attached hydrogens (tertiary/aromatic N) is 3. The normalized spacial score (nSPS) is 30.7. The van der Waals surface area contributed by atoms with E-state index in [1.165, 1.54) is 11.3 Å². The smallest absolute Gasteiger partial charge is 0.215 e. The monoisotopic (exact) mass is 433 g/mol. The van der Waals surface area contributed by atoms with E-state index in [0.29, 0.717) is 18.9 Å². The molecule has 5 rings (SSSR count). The largest absolute Gasteiger partial charge is 0.299 e. The van der Waals surface area contributed by atoms with Crippen molar-refractivity contribution in [1.82, 2.24) is 14.1 Å². The topological polar surface area (TPSA) is 72.3 Å². The molecule has 4 aliphatic rings. The number of aromatic nitrogens is 2. The molecule has 0 saturated heterocycles. The van der Waals surface area contributed by atoms with Gasteiger partial charge < -0.3 is 0 Å². The molecule has 0 radical (unpaired) electrons. The number of ketones is 1. The lowest BCUT2D eigenvalue weighted by molar-refractivity contribution is -0.128. The van der Waals surface area contributed by atoms with Gasteiger partial charge in [-0.2, -0.15) is 9.40 Å². The van der Waals surface area contributed by atoms with Gasteiger partial charge in [-0.3, -0.25) is 9.48 Å². The summed E-state index contributed by atoms with van der Waals surface area (Å²) < 4.78 is 31.6. The summed E-state index contributed by atoms with van der Waals surface area (Å²) in [5, 5.41) is 4.72. The fourth-order valence-corrected chi connectivity index (χ4v) is 9.57. The van der Waals surface area contributed by atoms with Crippen LogP contribution in [0.3, 0.4) is 0 Å². The number of carbonyl (C=O) groups is 1. The Kier molecular flexibility index (Phi) is 4.75. The Balaban J connectivity index is 1.49. The van der Waals surface area contributed by atoms with Gasteiger partial charge in [-0.1, -0.05) is 26.7 Å². The average Bonchev–Trinajstić information content (AvgIpc) is 3.45. The van der Waals surface area contributed by atoms with E-state index in [1.807, 2.05) is 11.7 Å². The van der Waals surface area contributed by atoms with Gasteiger partial charge in [0, 0.05) is 30.6 Å². The predicted octanol–water partition coefficient (Wildman–Crippen LogP) is 3.38. The van der Waals surface area contributed by atoms with Gasteiger partial charge in [-0.05, 0) is 61.8 Å². The number of Topliss-reactive ketones (excluding diaryl/α,β-unsaturated/α-hetero) is 1. The molecule has 1 aromatic heterocycles. The summed E-state index contributed by atoms with van der Waals surface area (Å²) in [4.78, 5) is 13.0. The molecule has 3 saturated carbocycles. The first kappa shape index (κ1) is 20.7. The minimum absolute atomic E-state index is 0.0200. The van der Waals surface area contributed by atoms with E-state index < -0.39 is 15.4 Å². The molecule has 30 heavy (non-hydrogen) atoms. The summed E-state index contributed by atoms with van der Waals surface area (Å²) in [5.41, 5.74) is 2.51. The molecular formula is C23H35N3O3S. The van der Waals surface area contributed by atoms with Crippen molar-refractivity contribution in [3.63, 3.8) is 0 Å². The minimum Gasteiger partial charge on any atom is -0.299 e. The Hall–Kier alpha value is -1.21. The van der Waals surface area contributed by atoms with Gasteiger partial charge in [0.25, 0.3) is 0 Å². The first-order valence-electron chi connectivity index (χ1n) is 11.7. The van der Waals surface area contributed by atoms with Crippen LogP contribution in [0.4, 0.5) is 0 Å². The van der Waals surface area contributed by atoms with E-state index in [1.54, 1.807) is 4.31 Å². The molecule has 2 bridgehead atoms. The number of hydrogen-bond donors (Lipinski definition) is 0. The summed E-state index contributed by atoms with van der Waals surface area (Å²) in [7, 11) is -1.61. The number of sulfonamides is 1. The van der Waals surface area contributed by atoms with Crippen LogP contribution in [0.1, 0.15) is 82.2 Å². The highest BCUT2D eigenvalue weighted by Crippen LogP contribution is 2.64. The molecule has 1 aromatic rings. The van der Waals surface area contributed by atoms with Crippen molar-refractivity contribution in [3.05, 3.63) is 17.0 Å². The van der Waals surface area contributed by atoms with Gasteiger partial charge in [0.15, 0.2) is 0 Å². The zero-order valence-corrected chi connectivity index (χ0v) is 19.4. The van der Waals surface area contributed by atoms with Gasteiger partial charge in [0.2, 0.25) is 10.0 Å². The lowest BCUT2D eigenvalue weighted by Crippen LogP contribution is -2.48.